The van der Waals surface area contributed by atoms with Crippen LogP contribution in [0, 0.1) is 20.8 Å². The molecule has 3 unspecified atom stereocenters. The van der Waals surface area contributed by atoms with Gasteiger partial charge >= 0.3 is 5.97 Å². The lowest BCUT2D eigenvalue weighted by Gasteiger charge is -2.36. The summed E-state index contributed by atoms with van der Waals surface area (Å²) < 4.78 is 5.45. The van der Waals surface area contributed by atoms with E-state index in [1.807, 2.05) is 6.92 Å². The third-order valence-electron chi connectivity index (χ3n) is 8.81. The van der Waals surface area contributed by atoms with Crippen LogP contribution < -0.4 is 0 Å². The minimum absolute atomic E-state index is 0.0489. The Morgan fingerprint density at radius 1 is 0.846 bits per heavy atom. The molecule has 196 valence electrons. The molecule has 0 N–H and O–H groups in total. The van der Waals surface area contributed by atoms with E-state index in [0.717, 1.165) is 40.6 Å². The second-order valence-electron chi connectivity index (χ2n) is 11.0. The Morgan fingerprint density at radius 3 is 2.41 bits per heavy atom. The van der Waals surface area contributed by atoms with E-state index < -0.39 is 18.0 Å². The summed E-state index contributed by atoms with van der Waals surface area (Å²) in [7, 11) is 0. The Morgan fingerprint density at radius 2 is 1.62 bits per heavy atom. The van der Waals surface area contributed by atoms with Crippen molar-refractivity contribution in [3.8, 4) is 0 Å². The molecule has 0 fully saturated rings. The molecule has 1 aromatic heterocycles. The van der Waals surface area contributed by atoms with E-state index in [1.165, 1.54) is 45.2 Å². The predicted molar refractivity (Wildman–Crippen MR) is 157 cm³/mol. The highest BCUT2D eigenvalue weighted by Gasteiger charge is 2.40. The van der Waals surface area contributed by atoms with Crippen LogP contribution >= 0.6 is 0 Å². The number of carbonyl (C=O) groups is 2. The first-order valence-electron chi connectivity index (χ1n) is 13.8. The highest BCUT2D eigenvalue weighted by atomic mass is 16.5. The molecule has 4 heteroatoms. The lowest BCUT2D eigenvalue weighted by atomic mass is 9.67. The van der Waals surface area contributed by atoms with Gasteiger partial charge in [-0.2, -0.15) is 0 Å². The quantitative estimate of drug-likeness (QED) is 0.181. The minimum atomic E-state index is -0.827. The van der Waals surface area contributed by atoms with Crippen molar-refractivity contribution in [3.05, 3.63) is 100 Å². The number of aromatic nitrogens is 1. The van der Waals surface area contributed by atoms with Gasteiger partial charge in [0.2, 0.25) is 0 Å². The Kier molecular flexibility index (Phi) is 6.22. The summed E-state index contributed by atoms with van der Waals surface area (Å²) in [5.74, 6) is -0.967. The SMILES string of the molecule is CC(=O)OC(C)C(=O)C1c2ccc3c(ccc4ccccc43)c2CCC1c1cccc2nc(C)c(C)c(C)c12. The van der Waals surface area contributed by atoms with Crippen LogP contribution in [0.3, 0.4) is 0 Å². The number of pyridine rings is 1. The Balaban J connectivity index is 1.58. The number of hydrogen-bond donors (Lipinski definition) is 0. The predicted octanol–water partition coefficient (Wildman–Crippen LogP) is 7.80. The van der Waals surface area contributed by atoms with E-state index in [2.05, 4.69) is 80.6 Å². The standard InChI is InChI=1S/C35H33NO3/c1-19-20(2)33-29(11-8-12-32(33)36-21(19)3)31-18-16-28-27-14-13-24-9-6-7-10-25(24)26(27)15-17-30(28)34(31)35(38)22(4)39-23(5)37/h6-15,17,22,31,34H,16,18H2,1-5H3. The normalized spacial score (nSPS) is 17.8. The average molecular weight is 516 g/mol. The zero-order valence-corrected chi connectivity index (χ0v) is 23.2. The first-order valence-corrected chi connectivity index (χ1v) is 13.8. The summed E-state index contributed by atoms with van der Waals surface area (Å²) in [4.78, 5) is 30.9. The van der Waals surface area contributed by atoms with Crippen molar-refractivity contribution < 1.29 is 14.3 Å². The van der Waals surface area contributed by atoms with Crippen LogP contribution in [-0.2, 0) is 20.7 Å². The molecule has 0 aliphatic heterocycles. The first kappa shape index (κ1) is 25.2. The monoisotopic (exact) mass is 515 g/mol. The Hall–Kier alpha value is -4.05. The van der Waals surface area contributed by atoms with Gasteiger partial charge in [0.1, 0.15) is 0 Å². The molecule has 1 aliphatic rings. The molecular formula is C35H33NO3. The molecule has 1 heterocycles. The van der Waals surface area contributed by atoms with Gasteiger partial charge in [-0.1, -0.05) is 60.7 Å². The fourth-order valence-electron chi connectivity index (χ4n) is 6.76. The van der Waals surface area contributed by atoms with Crippen LogP contribution in [0.5, 0.6) is 0 Å². The number of carbonyl (C=O) groups excluding carboxylic acids is 2. The van der Waals surface area contributed by atoms with E-state index in [1.54, 1.807) is 6.92 Å². The number of Topliss-reactive ketones (excluding diaryl/α,β-unsaturated/α-hetero) is 1. The van der Waals surface area contributed by atoms with Gasteiger partial charge in [-0.05, 0) is 102 Å². The smallest absolute Gasteiger partial charge is 0.303 e. The minimum Gasteiger partial charge on any atom is -0.455 e. The van der Waals surface area contributed by atoms with Crippen molar-refractivity contribution in [2.24, 2.45) is 0 Å². The molecule has 3 atom stereocenters. The van der Waals surface area contributed by atoms with Crippen molar-refractivity contribution in [1.82, 2.24) is 4.98 Å². The van der Waals surface area contributed by atoms with Gasteiger partial charge in [0.25, 0.3) is 0 Å². The number of benzene rings is 4. The van der Waals surface area contributed by atoms with E-state index in [9.17, 15) is 9.59 Å². The fourth-order valence-corrected chi connectivity index (χ4v) is 6.76. The maximum absolute atomic E-state index is 14.2. The van der Waals surface area contributed by atoms with Crippen LogP contribution in [0.2, 0.25) is 0 Å². The molecule has 1 aliphatic carbocycles. The number of esters is 1. The van der Waals surface area contributed by atoms with Gasteiger partial charge in [0.15, 0.2) is 11.9 Å². The lowest BCUT2D eigenvalue weighted by molar-refractivity contribution is -0.152. The van der Waals surface area contributed by atoms with Gasteiger partial charge < -0.3 is 4.74 Å². The molecule has 0 radical (unpaired) electrons. The Labute approximate surface area is 229 Å². The summed E-state index contributed by atoms with van der Waals surface area (Å²) in [6.07, 6.45) is 0.870. The molecule has 6 rings (SSSR count). The van der Waals surface area contributed by atoms with Gasteiger partial charge in [-0.25, -0.2) is 0 Å². The molecule has 0 amide bonds. The summed E-state index contributed by atoms with van der Waals surface area (Å²) in [5.41, 5.74) is 7.81. The van der Waals surface area contributed by atoms with Crippen LogP contribution in [0.4, 0.5) is 0 Å². The van der Waals surface area contributed by atoms with Crippen molar-refractivity contribution in [2.45, 2.75) is 65.4 Å². The molecule has 4 nitrogen and oxygen atoms in total. The highest BCUT2D eigenvalue weighted by molar-refractivity contribution is 6.09. The molecular weight excluding hydrogens is 482 g/mol. The zero-order chi connectivity index (χ0) is 27.4. The van der Waals surface area contributed by atoms with Crippen molar-refractivity contribution in [1.29, 1.82) is 0 Å². The maximum Gasteiger partial charge on any atom is 0.303 e. The number of fused-ring (bicyclic) bond motifs is 6. The molecule has 0 saturated heterocycles. The van der Waals surface area contributed by atoms with Gasteiger partial charge in [0.05, 0.1) is 11.4 Å². The van der Waals surface area contributed by atoms with Gasteiger partial charge in [-0.15, -0.1) is 0 Å². The summed E-state index contributed by atoms with van der Waals surface area (Å²) in [6.45, 7) is 9.38. The van der Waals surface area contributed by atoms with E-state index >= 15 is 0 Å². The van der Waals surface area contributed by atoms with Crippen molar-refractivity contribution in [3.63, 3.8) is 0 Å². The number of rotatable bonds is 4. The summed E-state index contributed by atoms with van der Waals surface area (Å²) in [6, 6.07) is 23.4. The van der Waals surface area contributed by atoms with Crippen molar-refractivity contribution >= 4 is 44.2 Å². The third kappa shape index (κ3) is 4.10. The largest absolute Gasteiger partial charge is 0.455 e. The second kappa shape index (κ2) is 9.60. The van der Waals surface area contributed by atoms with E-state index in [0.29, 0.717) is 0 Å². The summed E-state index contributed by atoms with van der Waals surface area (Å²) in [5, 5.41) is 5.97. The van der Waals surface area contributed by atoms with Crippen LogP contribution in [0.1, 0.15) is 65.6 Å². The van der Waals surface area contributed by atoms with Crippen LogP contribution in [0.25, 0.3) is 32.4 Å². The van der Waals surface area contributed by atoms with E-state index in [-0.39, 0.29) is 11.7 Å². The lowest BCUT2D eigenvalue weighted by Crippen LogP contribution is -2.34. The van der Waals surface area contributed by atoms with Gasteiger partial charge in [0, 0.05) is 18.0 Å². The van der Waals surface area contributed by atoms with Crippen LogP contribution in [-0.4, -0.2) is 22.8 Å². The zero-order valence-electron chi connectivity index (χ0n) is 23.2. The maximum atomic E-state index is 14.2. The van der Waals surface area contributed by atoms with Gasteiger partial charge in [-0.3, -0.25) is 14.6 Å². The number of aryl methyl sites for hydroxylation is 3. The average Bonchev–Trinajstić information content (AvgIpc) is 2.93. The molecule has 0 bridgehead atoms. The second-order valence-corrected chi connectivity index (χ2v) is 11.0. The van der Waals surface area contributed by atoms with Crippen molar-refractivity contribution in [2.75, 3.05) is 0 Å². The van der Waals surface area contributed by atoms with Crippen LogP contribution in [0.15, 0.2) is 66.7 Å². The summed E-state index contributed by atoms with van der Waals surface area (Å²) >= 11 is 0. The molecule has 0 spiro atoms. The molecule has 0 saturated carbocycles. The highest BCUT2D eigenvalue weighted by Crippen LogP contribution is 2.48. The fraction of sp³-hybridized carbons (Fsp3) is 0.286. The molecule has 4 aromatic carbocycles. The topological polar surface area (TPSA) is 56.3 Å². The molecule has 39 heavy (non-hydrogen) atoms. The van der Waals surface area contributed by atoms with E-state index in [4.69, 9.17) is 9.72 Å². The first-order chi connectivity index (χ1) is 18.8. The number of ketones is 1. The number of ether oxygens (including phenoxy) is 1. The third-order valence-corrected chi connectivity index (χ3v) is 8.81. The number of hydrogen-bond acceptors (Lipinski definition) is 4. The Bertz CT molecular complexity index is 1800. The molecule has 5 aromatic rings. The number of nitrogens with zero attached hydrogens (tertiary/aromatic N) is 1.